The van der Waals surface area contributed by atoms with Crippen molar-refractivity contribution in [2.75, 3.05) is 33.2 Å². The van der Waals surface area contributed by atoms with E-state index < -0.39 is 12.1 Å². The van der Waals surface area contributed by atoms with E-state index in [1.807, 2.05) is 6.07 Å². The van der Waals surface area contributed by atoms with Gasteiger partial charge < -0.3 is 30.2 Å². The van der Waals surface area contributed by atoms with Crippen molar-refractivity contribution in [3.05, 3.63) is 58.3 Å². The van der Waals surface area contributed by atoms with Crippen LogP contribution in [0.5, 0.6) is 17.2 Å². The zero-order valence-electron chi connectivity index (χ0n) is 21.3. The molecule has 3 N–H and O–H groups in total. The van der Waals surface area contributed by atoms with E-state index in [4.69, 9.17) is 14.2 Å². The van der Waals surface area contributed by atoms with Gasteiger partial charge in [0.05, 0.1) is 33.1 Å². The molecule has 0 fully saturated rings. The van der Waals surface area contributed by atoms with Crippen molar-refractivity contribution in [1.82, 2.24) is 10.6 Å². The van der Waals surface area contributed by atoms with Crippen molar-refractivity contribution < 1.29 is 23.8 Å². The molecule has 0 aliphatic heterocycles. The number of aryl methyl sites for hydroxylation is 1. The maximum absolute atomic E-state index is 13.3. The van der Waals surface area contributed by atoms with Crippen LogP contribution < -0.4 is 35.6 Å². The number of methoxy groups -OCH3 is 3. The van der Waals surface area contributed by atoms with Crippen LogP contribution in [-0.2, 0) is 16.0 Å². The van der Waals surface area contributed by atoms with Gasteiger partial charge in [-0.25, -0.2) is 0 Å². The summed E-state index contributed by atoms with van der Waals surface area (Å²) in [6.45, 7) is 7.04. The van der Waals surface area contributed by atoms with Crippen molar-refractivity contribution in [2.24, 2.45) is 0 Å². The lowest BCUT2D eigenvalue weighted by Crippen LogP contribution is -2.38. The van der Waals surface area contributed by atoms with Crippen LogP contribution in [0.3, 0.4) is 0 Å². The van der Waals surface area contributed by atoms with E-state index in [2.05, 4.69) is 22.5 Å². The first kappa shape index (κ1) is 26.6. The highest BCUT2D eigenvalue weighted by molar-refractivity contribution is 5.85. The summed E-state index contributed by atoms with van der Waals surface area (Å²) < 4.78 is 16.9. The van der Waals surface area contributed by atoms with Crippen LogP contribution in [0.2, 0.25) is 0 Å². The van der Waals surface area contributed by atoms with Gasteiger partial charge in [-0.05, 0) is 54.7 Å². The molecule has 2 unspecified atom stereocenters. The van der Waals surface area contributed by atoms with Crippen molar-refractivity contribution in [3.8, 4) is 28.4 Å². The minimum atomic E-state index is -0.655. The van der Waals surface area contributed by atoms with Crippen molar-refractivity contribution in [3.63, 3.8) is 0 Å². The Hall–Kier alpha value is -4.01. The van der Waals surface area contributed by atoms with E-state index in [0.29, 0.717) is 47.8 Å². The third kappa shape index (κ3) is 5.45. The minimum Gasteiger partial charge on any atom is -0.493 e. The van der Waals surface area contributed by atoms with Gasteiger partial charge in [0.2, 0.25) is 23.0 Å². The first-order chi connectivity index (χ1) is 17.2. The Balaban J connectivity index is 2.24. The Morgan fingerprint density at radius 2 is 1.86 bits per heavy atom. The maximum Gasteiger partial charge on any atom is 0.242 e. The third-order valence-electron chi connectivity index (χ3n) is 6.10. The molecule has 0 saturated heterocycles. The highest BCUT2D eigenvalue weighted by Gasteiger charge is 2.29. The molecule has 0 spiro atoms. The van der Waals surface area contributed by atoms with Gasteiger partial charge in [0.1, 0.15) is 6.04 Å². The molecule has 2 amide bonds. The summed E-state index contributed by atoms with van der Waals surface area (Å²) in [6, 6.07) is 5.80. The Labute approximate surface area is 210 Å². The first-order valence-electron chi connectivity index (χ1n) is 11.7. The number of hydrogen-bond acceptors (Lipinski definition) is 7. The molecule has 0 aromatic heterocycles. The average molecular weight is 496 g/mol. The predicted molar refractivity (Wildman–Crippen MR) is 139 cm³/mol. The number of fused-ring (bicyclic) bond motifs is 3. The fraction of sp³-hybridized carbons (Fsp3) is 0.370. The smallest absolute Gasteiger partial charge is 0.242 e. The number of hydrogen-bond donors (Lipinski definition) is 3. The number of ether oxygens (including phenoxy) is 3. The van der Waals surface area contributed by atoms with Crippen LogP contribution in [-0.4, -0.2) is 45.7 Å². The summed E-state index contributed by atoms with van der Waals surface area (Å²) in [5.74, 6) is 0.967. The summed E-state index contributed by atoms with van der Waals surface area (Å²) in [4.78, 5) is 37.7. The van der Waals surface area contributed by atoms with Gasteiger partial charge in [-0.1, -0.05) is 12.1 Å². The topological polar surface area (TPSA) is 115 Å². The maximum atomic E-state index is 13.3. The Kier molecular flexibility index (Phi) is 8.58. The Morgan fingerprint density at radius 1 is 1.14 bits per heavy atom. The molecular formula is C27H33N3O6. The summed E-state index contributed by atoms with van der Waals surface area (Å²) in [5, 5.41) is 8.69. The number of carbonyl (C=O) groups is 2. The van der Waals surface area contributed by atoms with Gasteiger partial charge in [-0.2, -0.15) is 0 Å². The molecule has 9 heteroatoms. The Bertz CT molecular complexity index is 1230. The molecule has 2 aromatic rings. The Morgan fingerprint density at radius 3 is 2.47 bits per heavy atom. The van der Waals surface area contributed by atoms with E-state index in [9.17, 15) is 14.4 Å². The van der Waals surface area contributed by atoms with Gasteiger partial charge in [0, 0.05) is 19.0 Å². The normalized spacial score (nSPS) is 14.8. The lowest BCUT2D eigenvalue weighted by Gasteiger charge is -2.19. The van der Waals surface area contributed by atoms with Gasteiger partial charge in [0.15, 0.2) is 11.5 Å². The second-order valence-electron chi connectivity index (χ2n) is 8.50. The number of nitrogens with one attached hydrogen (secondary N) is 3. The molecule has 1 aliphatic rings. The van der Waals surface area contributed by atoms with Crippen LogP contribution in [0.15, 0.2) is 41.7 Å². The van der Waals surface area contributed by atoms with Crippen molar-refractivity contribution in [2.45, 2.75) is 38.8 Å². The van der Waals surface area contributed by atoms with Gasteiger partial charge in [-0.15, -0.1) is 6.58 Å². The molecule has 0 saturated carbocycles. The first-order valence-corrected chi connectivity index (χ1v) is 11.7. The zero-order valence-corrected chi connectivity index (χ0v) is 21.3. The van der Waals surface area contributed by atoms with Gasteiger partial charge in [-0.3, -0.25) is 14.4 Å². The van der Waals surface area contributed by atoms with Crippen LogP contribution in [0.25, 0.3) is 11.1 Å². The predicted octanol–water partition coefficient (Wildman–Crippen LogP) is 2.97. The monoisotopic (exact) mass is 495 g/mol. The SMILES string of the molecule is C=CCNC(=O)C(C)Nc1ccc2c(cc1=O)C(NC(C)=O)CCc1cc(OC)c(OC)c(OC)c1-2. The molecule has 9 nitrogen and oxygen atoms in total. The van der Waals surface area contributed by atoms with Crippen LogP contribution in [0, 0.1) is 0 Å². The number of anilines is 1. The third-order valence-corrected chi connectivity index (χ3v) is 6.10. The fourth-order valence-corrected chi connectivity index (χ4v) is 4.45. The summed E-state index contributed by atoms with van der Waals surface area (Å²) in [6.07, 6.45) is 2.75. The molecule has 2 aromatic carbocycles. The lowest BCUT2D eigenvalue weighted by molar-refractivity contribution is -0.121. The molecule has 0 bridgehead atoms. The highest BCUT2D eigenvalue weighted by Crippen LogP contribution is 2.50. The summed E-state index contributed by atoms with van der Waals surface area (Å²) >= 11 is 0. The lowest BCUT2D eigenvalue weighted by atomic mass is 9.95. The summed E-state index contributed by atoms with van der Waals surface area (Å²) in [5.41, 5.74) is 3.01. The van der Waals surface area contributed by atoms with Gasteiger partial charge in [0.25, 0.3) is 0 Å². The average Bonchev–Trinajstić information content (AvgIpc) is 3.10. The molecule has 1 aliphatic carbocycles. The number of amides is 2. The molecule has 0 radical (unpaired) electrons. The van der Waals surface area contributed by atoms with E-state index in [-0.39, 0.29) is 22.9 Å². The van der Waals surface area contributed by atoms with Crippen LogP contribution in [0.1, 0.15) is 37.4 Å². The van der Waals surface area contributed by atoms with E-state index >= 15 is 0 Å². The number of carbonyl (C=O) groups excluding carboxylic acids is 2. The quantitative estimate of drug-likeness (QED) is 0.458. The summed E-state index contributed by atoms with van der Waals surface area (Å²) in [7, 11) is 4.64. The standard InChI is InChI=1S/C27H33N3O6/c1-7-12-28-27(33)15(2)29-21-11-9-18-19(14-22(21)32)20(30-16(3)31)10-8-17-13-23(34-4)25(35-5)26(36-6)24(17)18/h7,9,11,13-15,20H,1,8,10,12H2,2-6H3,(H,28,33)(H,29,32)(H,30,31). The second kappa shape index (κ2) is 11.6. The van der Waals surface area contributed by atoms with E-state index in [0.717, 1.165) is 11.1 Å². The van der Waals surface area contributed by atoms with Crippen molar-refractivity contribution >= 4 is 17.5 Å². The molecular weight excluding hydrogens is 462 g/mol. The number of rotatable bonds is 9. The van der Waals surface area contributed by atoms with Crippen LogP contribution in [0.4, 0.5) is 5.69 Å². The number of benzene rings is 1. The molecule has 0 heterocycles. The van der Waals surface area contributed by atoms with Gasteiger partial charge >= 0.3 is 0 Å². The zero-order chi connectivity index (χ0) is 26.4. The molecule has 192 valence electrons. The highest BCUT2D eigenvalue weighted by atomic mass is 16.5. The largest absolute Gasteiger partial charge is 0.493 e. The molecule has 36 heavy (non-hydrogen) atoms. The minimum absolute atomic E-state index is 0.205. The molecule has 3 rings (SSSR count). The van der Waals surface area contributed by atoms with Crippen LogP contribution >= 0.6 is 0 Å². The second-order valence-corrected chi connectivity index (χ2v) is 8.50. The fourth-order valence-electron chi connectivity index (χ4n) is 4.45. The van der Waals surface area contributed by atoms with E-state index in [1.54, 1.807) is 39.4 Å². The van der Waals surface area contributed by atoms with Crippen molar-refractivity contribution in [1.29, 1.82) is 0 Å². The molecule has 2 atom stereocenters. The van der Waals surface area contributed by atoms with E-state index in [1.165, 1.54) is 20.1 Å².